The minimum Gasteiger partial charge on any atom is -0.347 e. The van der Waals surface area contributed by atoms with Crippen molar-refractivity contribution in [2.75, 3.05) is 52.9 Å². The molecule has 0 radical (unpaired) electrons. The monoisotopic (exact) mass is 295 g/mol. The molecule has 0 aliphatic carbocycles. The normalized spacial score (nSPS) is 19.9. The summed E-state index contributed by atoms with van der Waals surface area (Å²) in [5.41, 5.74) is 0. The van der Waals surface area contributed by atoms with E-state index in [-0.39, 0.29) is 11.8 Å². The highest BCUT2D eigenvalue weighted by Gasteiger charge is 2.22. The Balaban J connectivity index is 1.78. The van der Waals surface area contributed by atoms with Crippen LogP contribution in [0.3, 0.4) is 0 Å². The second kappa shape index (κ2) is 7.28. The van der Waals surface area contributed by atoms with Crippen molar-refractivity contribution in [3.05, 3.63) is 0 Å². The van der Waals surface area contributed by atoms with Crippen LogP contribution >= 0.6 is 0 Å². The van der Waals surface area contributed by atoms with E-state index in [1.54, 1.807) is 14.0 Å². The predicted octanol–water partition coefficient (Wildman–Crippen LogP) is -0.652. The van der Waals surface area contributed by atoms with E-state index in [1.807, 2.05) is 9.80 Å². The van der Waals surface area contributed by atoms with Gasteiger partial charge in [-0.05, 0) is 12.8 Å². The Morgan fingerprint density at radius 2 is 1.52 bits per heavy atom. The van der Waals surface area contributed by atoms with Crippen molar-refractivity contribution in [2.24, 2.45) is 4.99 Å². The number of rotatable bonds is 2. The first-order valence-corrected chi connectivity index (χ1v) is 7.60. The first kappa shape index (κ1) is 15.6. The van der Waals surface area contributed by atoms with Crippen molar-refractivity contribution in [1.29, 1.82) is 0 Å². The van der Waals surface area contributed by atoms with Crippen LogP contribution in [0.4, 0.5) is 0 Å². The average Bonchev–Trinajstić information content (AvgIpc) is 3.02. The van der Waals surface area contributed by atoms with E-state index in [2.05, 4.69) is 15.2 Å². The largest absolute Gasteiger partial charge is 0.347 e. The summed E-state index contributed by atoms with van der Waals surface area (Å²) in [4.78, 5) is 33.4. The van der Waals surface area contributed by atoms with Gasteiger partial charge in [0, 0.05) is 53.2 Å². The fourth-order valence-electron chi connectivity index (χ4n) is 2.80. The Morgan fingerprint density at radius 3 is 2.05 bits per heavy atom. The number of amides is 2. The number of hydrogen-bond acceptors (Lipinski definition) is 3. The summed E-state index contributed by atoms with van der Waals surface area (Å²) >= 11 is 0. The second-order valence-electron chi connectivity index (χ2n) is 5.48. The summed E-state index contributed by atoms with van der Waals surface area (Å²) in [7, 11) is 1.72. The van der Waals surface area contributed by atoms with Crippen LogP contribution in [0.15, 0.2) is 4.99 Å². The highest BCUT2D eigenvalue weighted by molar-refractivity contribution is 5.86. The number of likely N-dealkylation sites (tertiary alicyclic amines) is 1. The molecule has 0 atom stereocenters. The second-order valence-corrected chi connectivity index (χ2v) is 5.48. The lowest BCUT2D eigenvalue weighted by Gasteiger charge is -2.36. The van der Waals surface area contributed by atoms with Gasteiger partial charge in [-0.25, -0.2) is 0 Å². The molecule has 1 N–H and O–H groups in total. The van der Waals surface area contributed by atoms with E-state index in [0.717, 1.165) is 45.0 Å². The van der Waals surface area contributed by atoms with E-state index >= 15 is 0 Å². The minimum atomic E-state index is 0.113. The molecule has 2 heterocycles. The fourth-order valence-corrected chi connectivity index (χ4v) is 2.80. The van der Waals surface area contributed by atoms with Crippen molar-refractivity contribution < 1.29 is 9.59 Å². The van der Waals surface area contributed by atoms with Crippen LogP contribution in [-0.2, 0) is 9.59 Å². The van der Waals surface area contributed by atoms with Crippen molar-refractivity contribution >= 4 is 17.8 Å². The highest BCUT2D eigenvalue weighted by Crippen LogP contribution is 2.07. The Kier molecular flexibility index (Phi) is 5.41. The maximum absolute atomic E-state index is 12.0. The number of carbonyl (C=O) groups is 2. The van der Waals surface area contributed by atoms with Gasteiger partial charge < -0.3 is 20.0 Å². The third kappa shape index (κ3) is 4.09. The fraction of sp³-hybridized carbons (Fsp3) is 0.786. The molecule has 0 aromatic heterocycles. The molecule has 0 spiro atoms. The summed E-state index contributed by atoms with van der Waals surface area (Å²) in [6.45, 7) is 6.53. The van der Waals surface area contributed by atoms with E-state index in [4.69, 9.17) is 0 Å². The first-order chi connectivity index (χ1) is 10.1. The van der Waals surface area contributed by atoms with Gasteiger partial charge in [-0.2, -0.15) is 0 Å². The van der Waals surface area contributed by atoms with Crippen molar-refractivity contribution in [2.45, 2.75) is 19.8 Å². The molecule has 21 heavy (non-hydrogen) atoms. The average molecular weight is 295 g/mol. The Morgan fingerprint density at radius 1 is 0.952 bits per heavy atom. The quantitative estimate of drug-likeness (QED) is 0.543. The molecule has 0 aromatic rings. The Bertz CT molecular complexity index is 410. The molecule has 0 saturated carbocycles. The van der Waals surface area contributed by atoms with Gasteiger partial charge in [-0.15, -0.1) is 0 Å². The topological polar surface area (TPSA) is 68.2 Å². The van der Waals surface area contributed by atoms with E-state index < -0.39 is 0 Å². The number of hydrogen-bond donors (Lipinski definition) is 1. The van der Waals surface area contributed by atoms with E-state index in [1.165, 1.54) is 0 Å². The van der Waals surface area contributed by atoms with Crippen molar-refractivity contribution in [3.8, 4) is 0 Å². The zero-order chi connectivity index (χ0) is 15.2. The van der Waals surface area contributed by atoms with Crippen LogP contribution in [0.2, 0.25) is 0 Å². The number of aliphatic imine (C=N–C) groups is 1. The van der Waals surface area contributed by atoms with Gasteiger partial charge >= 0.3 is 0 Å². The van der Waals surface area contributed by atoms with Gasteiger partial charge in [0.1, 0.15) is 0 Å². The summed E-state index contributed by atoms with van der Waals surface area (Å²) in [6, 6.07) is 0. The molecular formula is C14H25N5O2. The lowest BCUT2D eigenvalue weighted by molar-refractivity contribution is -0.130. The molecule has 2 amide bonds. The molecule has 2 rings (SSSR count). The molecule has 0 unspecified atom stereocenters. The summed E-state index contributed by atoms with van der Waals surface area (Å²) in [5.74, 6) is 0.989. The Labute approximate surface area is 126 Å². The highest BCUT2D eigenvalue weighted by atomic mass is 16.2. The first-order valence-electron chi connectivity index (χ1n) is 7.60. The third-order valence-corrected chi connectivity index (χ3v) is 4.09. The molecule has 2 saturated heterocycles. The molecular weight excluding hydrogens is 270 g/mol. The van der Waals surface area contributed by atoms with Gasteiger partial charge in [-0.3, -0.25) is 14.6 Å². The van der Waals surface area contributed by atoms with Crippen LogP contribution in [0.1, 0.15) is 19.8 Å². The lowest BCUT2D eigenvalue weighted by Crippen LogP contribution is -2.54. The van der Waals surface area contributed by atoms with Gasteiger partial charge in [0.2, 0.25) is 11.8 Å². The van der Waals surface area contributed by atoms with E-state index in [0.29, 0.717) is 19.6 Å². The predicted molar refractivity (Wildman–Crippen MR) is 81.0 cm³/mol. The number of nitrogens with one attached hydrogen (secondary N) is 1. The minimum absolute atomic E-state index is 0.113. The zero-order valence-corrected chi connectivity index (χ0v) is 13.0. The maximum Gasteiger partial charge on any atom is 0.241 e. The number of piperazine rings is 1. The lowest BCUT2D eigenvalue weighted by atomic mass is 10.3. The smallest absolute Gasteiger partial charge is 0.241 e. The molecule has 7 heteroatoms. The SMILES string of the molecule is CN=C(NCC(=O)N1CCCC1)N1CCN(C(C)=O)CC1. The van der Waals surface area contributed by atoms with Gasteiger partial charge in [0.05, 0.1) is 6.54 Å². The molecule has 2 aliphatic rings. The third-order valence-electron chi connectivity index (χ3n) is 4.09. The van der Waals surface area contributed by atoms with Gasteiger partial charge in [0.15, 0.2) is 5.96 Å². The summed E-state index contributed by atoms with van der Waals surface area (Å²) in [5, 5.41) is 3.14. The summed E-state index contributed by atoms with van der Waals surface area (Å²) in [6.07, 6.45) is 2.21. The zero-order valence-electron chi connectivity index (χ0n) is 13.0. The summed E-state index contributed by atoms with van der Waals surface area (Å²) < 4.78 is 0. The van der Waals surface area contributed by atoms with Crippen molar-refractivity contribution in [1.82, 2.24) is 20.0 Å². The molecule has 0 bridgehead atoms. The Hall–Kier alpha value is -1.79. The molecule has 0 aromatic carbocycles. The van der Waals surface area contributed by atoms with Crippen molar-refractivity contribution in [3.63, 3.8) is 0 Å². The standard InChI is InChI=1S/C14H25N5O2/c1-12(20)17-7-9-19(10-8-17)14(15-2)16-11-13(21)18-5-3-4-6-18/h3-11H2,1-2H3,(H,15,16). The van der Waals surface area contributed by atoms with Crippen LogP contribution in [0.25, 0.3) is 0 Å². The maximum atomic E-state index is 12.0. The number of guanidine groups is 1. The molecule has 7 nitrogen and oxygen atoms in total. The molecule has 2 aliphatic heterocycles. The van der Waals surface area contributed by atoms with Crippen LogP contribution in [-0.4, -0.2) is 85.3 Å². The molecule has 118 valence electrons. The number of nitrogens with zero attached hydrogens (tertiary/aromatic N) is 4. The van der Waals surface area contributed by atoms with Gasteiger partial charge in [0.25, 0.3) is 0 Å². The van der Waals surface area contributed by atoms with E-state index in [9.17, 15) is 9.59 Å². The van der Waals surface area contributed by atoms with Crippen LogP contribution in [0, 0.1) is 0 Å². The van der Waals surface area contributed by atoms with Gasteiger partial charge in [-0.1, -0.05) is 0 Å². The number of carbonyl (C=O) groups excluding carboxylic acids is 2. The van der Waals surface area contributed by atoms with Crippen LogP contribution < -0.4 is 5.32 Å². The van der Waals surface area contributed by atoms with Crippen LogP contribution in [0.5, 0.6) is 0 Å². The molecule has 2 fully saturated rings.